The Balaban J connectivity index is 1.64. The molecule has 4 rings (SSSR count). The van der Waals surface area contributed by atoms with E-state index in [0.29, 0.717) is 28.0 Å². The summed E-state index contributed by atoms with van der Waals surface area (Å²) in [6, 6.07) is 18.5. The van der Waals surface area contributed by atoms with E-state index in [9.17, 15) is 14.9 Å². The van der Waals surface area contributed by atoms with Crippen molar-refractivity contribution in [2.24, 2.45) is 0 Å². The highest BCUT2D eigenvalue weighted by Crippen LogP contribution is 2.29. The Bertz CT molecular complexity index is 1550. The Hall–Kier alpha value is -4.77. The van der Waals surface area contributed by atoms with E-state index >= 15 is 0 Å². The monoisotopic (exact) mass is 464 g/mol. The van der Waals surface area contributed by atoms with E-state index in [0.717, 1.165) is 5.56 Å². The molecule has 2 aromatic heterocycles. The van der Waals surface area contributed by atoms with Gasteiger partial charge in [0.15, 0.2) is 5.65 Å². The highest BCUT2D eigenvalue weighted by atomic mass is 16.1. The maximum absolute atomic E-state index is 12.7. The predicted molar refractivity (Wildman–Crippen MR) is 136 cm³/mol. The van der Waals surface area contributed by atoms with E-state index in [1.165, 1.54) is 12.4 Å². The largest absolute Gasteiger partial charge is 0.321 e. The minimum absolute atomic E-state index is 0.0364. The summed E-state index contributed by atoms with van der Waals surface area (Å²) in [6.07, 6.45) is 6.30. The van der Waals surface area contributed by atoms with Crippen LogP contribution in [0, 0.1) is 11.3 Å². The molecule has 0 spiro atoms. The second kappa shape index (κ2) is 9.61. The standard InChI is InChI=1S/C27H24N6O2/c1-27(2,3)33-24-22(26(35)30-17-29-24)23(32-33)19-12-8-14-21(15-19)31-25(34)20(16-28)13-7-11-18-9-5-4-6-10-18/h4-15,17H,1-3H3,(H,31,34)(H,29,30,35)/b11-7+,20-13+. The second-order valence-corrected chi connectivity index (χ2v) is 8.86. The van der Waals surface area contributed by atoms with Crippen molar-refractivity contribution in [2.75, 3.05) is 5.32 Å². The van der Waals surface area contributed by atoms with Gasteiger partial charge >= 0.3 is 0 Å². The lowest BCUT2D eigenvalue weighted by atomic mass is 10.1. The van der Waals surface area contributed by atoms with Gasteiger partial charge in [-0.2, -0.15) is 10.4 Å². The number of H-pyrrole nitrogens is 1. The van der Waals surface area contributed by atoms with E-state index in [1.807, 2.05) is 63.2 Å². The molecule has 0 radical (unpaired) electrons. The highest BCUT2D eigenvalue weighted by Gasteiger charge is 2.24. The molecule has 0 aliphatic carbocycles. The number of aromatic amines is 1. The van der Waals surface area contributed by atoms with E-state index in [2.05, 4.69) is 20.4 Å². The molecule has 8 nitrogen and oxygen atoms in total. The Morgan fingerprint density at radius 2 is 1.91 bits per heavy atom. The van der Waals surface area contributed by atoms with Gasteiger partial charge in [-0.25, -0.2) is 9.67 Å². The van der Waals surface area contributed by atoms with Crippen LogP contribution in [0.15, 0.2) is 83.4 Å². The van der Waals surface area contributed by atoms with Gasteiger partial charge in [0.1, 0.15) is 22.7 Å². The molecule has 35 heavy (non-hydrogen) atoms. The average Bonchev–Trinajstić information content (AvgIpc) is 3.24. The molecule has 0 aliphatic heterocycles. The number of amides is 1. The number of hydrogen-bond acceptors (Lipinski definition) is 5. The van der Waals surface area contributed by atoms with Crippen molar-refractivity contribution in [1.29, 1.82) is 5.26 Å². The number of rotatable bonds is 5. The molecule has 0 atom stereocenters. The topological polar surface area (TPSA) is 116 Å². The first kappa shape index (κ1) is 23.4. The van der Waals surface area contributed by atoms with E-state index in [4.69, 9.17) is 0 Å². The first-order chi connectivity index (χ1) is 16.8. The number of aromatic nitrogens is 4. The van der Waals surface area contributed by atoms with Crippen LogP contribution in [0.3, 0.4) is 0 Å². The molecule has 4 aromatic rings. The molecule has 0 saturated heterocycles. The van der Waals surface area contributed by atoms with Crippen molar-refractivity contribution < 1.29 is 4.79 Å². The number of benzene rings is 2. The van der Waals surface area contributed by atoms with Crippen molar-refractivity contribution >= 4 is 28.7 Å². The molecule has 0 aliphatic rings. The number of fused-ring (bicyclic) bond motifs is 1. The number of carbonyl (C=O) groups is 1. The summed E-state index contributed by atoms with van der Waals surface area (Å²) >= 11 is 0. The quantitative estimate of drug-likeness (QED) is 0.253. The second-order valence-electron chi connectivity index (χ2n) is 8.86. The molecule has 0 saturated carbocycles. The zero-order chi connectivity index (χ0) is 25.0. The number of anilines is 1. The Morgan fingerprint density at radius 1 is 1.14 bits per heavy atom. The number of carbonyl (C=O) groups excluding carboxylic acids is 1. The first-order valence-corrected chi connectivity index (χ1v) is 11.0. The minimum Gasteiger partial charge on any atom is -0.321 e. The Kier molecular flexibility index (Phi) is 6.42. The van der Waals surface area contributed by atoms with Crippen molar-refractivity contribution in [3.8, 4) is 17.3 Å². The summed E-state index contributed by atoms with van der Waals surface area (Å²) in [7, 11) is 0. The van der Waals surface area contributed by atoms with Gasteiger partial charge in [-0.15, -0.1) is 0 Å². The van der Waals surface area contributed by atoms with Crippen LogP contribution in [-0.2, 0) is 10.3 Å². The number of nitrogens with one attached hydrogen (secondary N) is 2. The third kappa shape index (κ3) is 5.09. The summed E-state index contributed by atoms with van der Waals surface area (Å²) in [4.78, 5) is 32.3. The molecule has 2 heterocycles. The molecule has 0 fully saturated rings. The summed E-state index contributed by atoms with van der Waals surface area (Å²) in [6.45, 7) is 5.93. The summed E-state index contributed by atoms with van der Waals surface area (Å²) < 4.78 is 1.72. The highest BCUT2D eigenvalue weighted by molar-refractivity contribution is 6.07. The normalized spacial score (nSPS) is 12.1. The SMILES string of the molecule is CC(C)(C)n1nc(-c2cccc(NC(=O)/C(C#N)=C/C=C/c3ccccc3)c2)c2c(=O)[nH]cnc21. The van der Waals surface area contributed by atoms with Gasteiger partial charge in [0.25, 0.3) is 11.5 Å². The van der Waals surface area contributed by atoms with Gasteiger partial charge in [-0.1, -0.05) is 54.6 Å². The van der Waals surface area contributed by atoms with Gasteiger partial charge in [-0.05, 0) is 44.5 Å². The Morgan fingerprint density at radius 3 is 2.63 bits per heavy atom. The molecule has 1 amide bonds. The smallest absolute Gasteiger partial charge is 0.266 e. The molecule has 2 aromatic carbocycles. The van der Waals surface area contributed by atoms with Crippen molar-refractivity contribution in [3.63, 3.8) is 0 Å². The molecule has 174 valence electrons. The number of nitrogens with zero attached hydrogens (tertiary/aromatic N) is 4. The van der Waals surface area contributed by atoms with Gasteiger partial charge in [0.05, 0.1) is 11.9 Å². The van der Waals surface area contributed by atoms with Crippen LogP contribution < -0.4 is 10.9 Å². The average molecular weight is 465 g/mol. The number of allylic oxidation sites excluding steroid dienone is 2. The fourth-order valence-corrected chi connectivity index (χ4v) is 3.56. The van der Waals surface area contributed by atoms with Crippen LogP contribution in [0.1, 0.15) is 26.3 Å². The summed E-state index contributed by atoms with van der Waals surface area (Å²) in [5, 5.41) is 17.3. The van der Waals surface area contributed by atoms with Crippen molar-refractivity contribution in [1.82, 2.24) is 19.7 Å². The predicted octanol–water partition coefficient (Wildman–Crippen LogP) is 4.64. The van der Waals surface area contributed by atoms with Crippen LogP contribution in [-0.4, -0.2) is 25.7 Å². The maximum Gasteiger partial charge on any atom is 0.266 e. The lowest BCUT2D eigenvalue weighted by Gasteiger charge is -2.19. The van der Waals surface area contributed by atoms with Crippen LogP contribution in [0.25, 0.3) is 28.4 Å². The molecular formula is C27H24N6O2. The van der Waals surface area contributed by atoms with Crippen LogP contribution >= 0.6 is 0 Å². The van der Waals surface area contributed by atoms with Crippen LogP contribution in [0.5, 0.6) is 0 Å². The lowest BCUT2D eigenvalue weighted by molar-refractivity contribution is -0.112. The fraction of sp³-hybridized carbons (Fsp3) is 0.148. The van der Waals surface area contributed by atoms with Crippen molar-refractivity contribution in [2.45, 2.75) is 26.3 Å². The van der Waals surface area contributed by atoms with Gasteiger partial charge in [0, 0.05) is 11.3 Å². The summed E-state index contributed by atoms with van der Waals surface area (Å²) in [5.41, 5.74) is 2.28. The molecular weight excluding hydrogens is 440 g/mol. The first-order valence-electron chi connectivity index (χ1n) is 11.0. The Labute approximate surface area is 202 Å². The van der Waals surface area contributed by atoms with Gasteiger partial charge < -0.3 is 10.3 Å². The zero-order valence-electron chi connectivity index (χ0n) is 19.6. The van der Waals surface area contributed by atoms with E-state index < -0.39 is 11.4 Å². The number of hydrogen-bond donors (Lipinski definition) is 2. The molecule has 2 N–H and O–H groups in total. The van der Waals surface area contributed by atoms with E-state index in [1.54, 1.807) is 35.0 Å². The molecule has 0 bridgehead atoms. The zero-order valence-corrected chi connectivity index (χ0v) is 19.6. The van der Waals surface area contributed by atoms with Crippen molar-refractivity contribution in [3.05, 3.63) is 94.6 Å². The molecule has 8 heteroatoms. The maximum atomic E-state index is 12.7. The van der Waals surface area contributed by atoms with Gasteiger partial charge in [0.2, 0.25) is 0 Å². The summed E-state index contributed by atoms with van der Waals surface area (Å²) in [5.74, 6) is -0.535. The number of nitriles is 1. The van der Waals surface area contributed by atoms with Gasteiger partial charge in [-0.3, -0.25) is 9.59 Å². The molecule has 0 unspecified atom stereocenters. The van der Waals surface area contributed by atoms with Crippen LogP contribution in [0.2, 0.25) is 0 Å². The fourth-order valence-electron chi connectivity index (χ4n) is 3.56. The third-order valence-corrected chi connectivity index (χ3v) is 5.22. The van der Waals surface area contributed by atoms with Crippen LogP contribution in [0.4, 0.5) is 5.69 Å². The van der Waals surface area contributed by atoms with E-state index in [-0.39, 0.29) is 11.1 Å². The minimum atomic E-state index is -0.535. The third-order valence-electron chi connectivity index (χ3n) is 5.22. The lowest BCUT2D eigenvalue weighted by Crippen LogP contribution is -2.23.